The van der Waals surface area contributed by atoms with Crippen molar-refractivity contribution in [1.29, 1.82) is 0 Å². The van der Waals surface area contributed by atoms with Crippen LogP contribution in [0.2, 0.25) is 0 Å². The van der Waals surface area contributed by atoms with Crippen LogP contribution in [0.3, 0.4) is 0 Å². The van der Waals surface area contributed by atoms with Crippen molar-refractivity contribution in [2.75, 3.05) is 26.0 Å². The second-order valence-corrected chi connectivity index (χ2v) is 8.26. The van der Waals surface area contributed by atoms with Crippen molar-refractivity contribution < 1.29 is 24.3 Å². The number of benzene rings is 2. The molecule has 0 saturated carbocycles. The van der Waals surface area contributed by atoms with Gasteiger partial charge in [-0.2, -0.15) is 0 Å². The van der Waals surface area contributed by atoms with E-state index in [2.05, 4.69) is 10.6 Å². The number of carboxylic acids is 1. The minimum atomic E-state index is -1.19. The summed E-state index contributed by atoms with van der Waals surface area (Å²) in [5, 5.41) is 15.0. The number of carbonyl (C=O) groups excluding carboxylic acids is 3. The van der Waals surface area contributed by atoms with Crippen LogP contribution in [0.5, 0.6) is 0 Å². The molecule has 3 atom stereocenters. The first-order valence-electron chi connectivity index (χ1n) is 10.6. The number of hydrogen-bond acceptors (Lipinski definition) is 4. The molecule has 2 aromatic rings. The summed E-state index contributed by atoms with van der Waals surface area (Å²) in [6.07, 6.45) is -0.00681. The van der Waals surface area contributed by atoms with Gasteiger partial charge in [-0.1, -0.05) is 42.5 Å². The van der Waals surface area contributed by atoms with E-state index in [1.165, 1.54) is 9.80 Å². The van der Waals surface area contributed by atoms with Gasteiger partial charge in [-0.3, -0.25) is 9.59 Å². The number of likely N-dealkylation sites (tertiary alicyclic amines) is 1. The molecule has 0 aliphatic carbocycles. The number of amides is 4. The Morgan fingerprint density at radius 2 is 1.76 bits per heavy atom. The van der Waals surface area contributed by atoms with Gasteiger partial charge in [-0.25, -0.2) is 9.59 Å². The Labute approximate surface area is 192 Å². The van der Waals surface area contributed by atoms with E-state index in [4.69, 9.17) is 0 Å². The first-order valence-corrected chi connectivity index (χ1v) is 10.6. The Hall–Kier alpha value is -3.88. The Bertz CT molecular complexity index is 1040. The smallest absolute Gasteiger partial charge is 0.326 e. The molecule has 9 heteroatoms. The maximum atomic E-state index is 13.2. The molecule has 0 spiro atoms. The van der Waals surface area contributed by atoms with Crippen molar-refractivity contribution in [2.24, 2.45) is 5.92 Å². The second kappa shape index (κ2) is 10.2. The Kier molecular flexibility index (Phi) is 7.32. The SMILES string of the molecule is Cc1cccc(NC(=O)NCC(=O)N2C(C(=O)O)CC(C(=O)N(C)C)C2c2ccccc2)c1. The maximum absolute atomic E-state index is 13.2. The molecule has 1 aliphatic rings. The fourth-order valence-corrected chi connectivity index (χ4v) is 4.18. The average Bonchev–Trinajstić information content (AvgIpc) is 3.18. The van der Waals surface area contributed by atoms with Crippen LogP contribution in [0.15, 0.2) is 54.6 Å². The van der Waals surface area contributed by atoms with Gasteiger partial charge >= 0.3 is 12.0 Å². The van der Waals surface area contributed by atoms with Crippen molar-refractivity contribution in [3.8, 4) is 0 Å². The third-order valence-electron chi connectivity index (χ3n) is 5.64. The summed E-state index contributed by atoms with van der Waals surface area (Å²) in [6.45, 7) is 1.48. The molecule has 0 bridgehead atoms. The lowest BCUT2D eigenvalue weighted by Crippen LogP contribution is -2.47. The van der Waals surface area contributed by atoms with Crippen LogP contribution in [-0.2, 0) is 14.4 Å². The maximum Gasteiger partial charge on any atom is 0.326 e. The number of aliphatic carboxylic acids is 1. The summed E-state index contributed by atoms with van der Waals surface area (Å²) in [4.78, 5) is 53.0. The fraction of sp³-hybridized carbons (Fsp3) is 0.333. The molecule has 3 rings (SSSR count). The molecule has 3 N–H and O–H groups in total. The number of nitrogens with zero attached hydrogens (tertiary/aromatic N) is 2. The predicted octanol–water partition coefficient (Wildman–Crippen LogP) is 2.25. The van der Waals surface area contributed by atoms with Gasteiger partial charge in [0.2, 0.25) is 11.8 Å². The van der Waals surface area contributed by atoms with Crippen molar-refractivity contribution in [2.45, 2.75) is 25.4 Å². The molecule has 1 saturated heterocycles. The molecule has 0 radical (unpaired) electrons. The zero-order valence-electron chi connectivity index (χ0n) is 18.8. The van der Waals surface area contributed by atoms with Crippen LogP contribution in [0.4, 0.5) is 10.5 Å². The quantitative estimate of drug-likeness (QED) is 0.621. The van der Waals surface area contributed by atoms with Gasteiger partial charge in [-0.15, -0.1) is 0 Å². The third-order valence-corrected chi connectivity index (χ3v) is 5.64. The average molecular weight is 453 g/mol. The summed E-state index contributed by atoms with van der Waals surface area (Å²) in [6, 6.07) is 13.6. The molecule has 174 valence electrons. The third kappa shape index (κ3) is 5.49. The van der Waals surface area contributed by atoms with Crippen LogP contribution >= 0.6 is 0 Å². The van der Waals surface area contributed by atoms with Crippen molar-refractivity contribution in [1.82, 2.24) is 15.1 Å². The number of hydrogen-bond donors (Lipinski definition) is 3. The van der Waals surface area contributed by atoms with Gasteiger partial charge in [0, 0.05) is 19.8 Å². The van der Waals surface area contributed by atoms with Crippen LogP contribution in [0, 0.1) is 12.8 Å². The highest BCUT2D eigenvalue weighted by Crippen LogP contribution is 2.42. The molecule has 9 nitrogen and oxygen atoms in total. The highest BCUT2D eigenvalue weighted by atomic mass is 16.4. The summed E-state index contributed by atoms with van der Waals surface area (Å²) in [5.41, 5.74) is 2.20. The van der Waals surface area contributed by atoms with Gasteiger partial charge < -0.3 is 25.5 Å². The molecule has 0 aromatic heterocycles. The number of urea groups is 1. The highest BCUT2D eigenvalue weighted by molar-refractivity contribution is 5.94. The molecule has 33 heavy (non-hydrogen) atoms. The summed E-state index contributed by atoms with van der Waals surface area (Å²) in [5.74, 6) is -2.74. The van der Waals surface area contributed by atoms with E-state index in [0.29, 0.717) is 11.3 Å². The molecule has 2 aromatic carbocycles. The topological polar surface area (TPSA) is 119 Å². The Morgan fingerprint density at radius 3 is 2.36 bits per heavy atom. The Balaban J connectivity index is 1.81. The highest BCUT2D eigenvalue weighted by Gasteiger charge is 2.50. The van der Waals surface area contributed by atoms with E-state index >= 15 is 0 Å². The molecular formula is C24H28N4O5. The number of carboxylic acid groups (broad SMARTS) is 1. The molecule has 1 heterocycles. The molecular weight excluding hydrogens is 424 g/mol. The van der Waals surface area contributed by atoms with E-state index in [-0.39, 0.29) is 12.3 Å². The molecule has 4 amide bonds. The van der Waals surface area contributed by atoms with Crippen LogP contribution in [0.25, 0.3) is 0 Å². The normalized spacial score (nSPS) is 19.6. The van der Waals surface area contributed by atoms with Gasteiger partial charge in [0.1, 0.15) is 6.04 Å². The Morgan fingerprint density at radius 1 is 1.06 bits per heavy atom. The van der Waals surface area contributed by atoms with Gasteiger partial charge in [0.15, 0.2) is 0 Å². The number of carbonyl (C=O) groups is 4. The van der Waals surface area contributed by atoms with Crippen LogP contribution in [-0.4, -0.2) is 65.4 Å². The molecule has 1 fully saturated rings. The fourth-order valence-electron chi connectivity index (χ4n) is 4.18. The lowest BCUT2D eigenvalue weighted by atomic mass is 9.92. The van der Waals surface area contributed by atoms with Crippen molar-refractivity contribution >= 4 is 29.5 Å². The monoisotopic (exact) mass is 452 g/mol. The van der Waals surface area contributed by atoms with E-state index in [1.807, 2.05) is 13.0 Å². The second-order valence-electron chi connectivity index (χ2n) is 8.26. The minimum absolute atomic E-state index is 0.00681. The summed E-state index contributed by atoms with van der Waals surface area (Å²) in [7, 11) is 3.20. The first kappa shape index (κ1) is 23.8. The number of nitrogens with one attached hydrogen (secondary N) is 2. The molecule has 3 unspecified atom stereocenters. The lowest BCUT2D eigenvalue weighted by molar-refractivity contribution is -0.149. The van der Waals surface area contributed by atoms with Crippen LogP contribution in [0.1, 0.15) is 23.6 Å². The van der Waals surface area contributed by atoms with E-state index < -0.39 is 42.5 Å². The van der Waals surface area contributed by atoms with Gasteiger partial charge in [-0.05, 0) is 36.6 Å². The van der Waals surface area contributed by atoms with E-state index in [1.54, 1.807) is 62.6 Å². The predicted molar refractivity (Wildman–Crippen MR) is 122 cm³/mol. The largest absolute Gasteiger partial charge is 0.480 e. The number of aryl methyl sites for hydroxylation is 1. The zero-order valence-corrected chi connectivity index (χ0v) is 18.8. The van der Waals surface area contributed by atoms with Crippen LogP contribution < -0.4 is 10.6 Å². The first-order chi connectivity index (χ1) is 15.7. The van der Waals surface area contributed by atoms with E-state index in [9.17, 15) is 24.3 Å². The van der Waals surface area contributed by atoms with Gasteiger partial charge in [0.25, 0.3) is 0 Å². The summed E-state index contributed by atoms with van der Waals surface area (Å²) >= 11 is 0. The van der Waals surface area contributed by atoms with E-state index in [0.717, 1.165) is 5.56 Å². The summed E-state index contributed by atoms with van der Waals surface area (Å²) < 4.78 is 0. The van der Waals surface area contributed by atoms with Crippen molar-refractivity contribution in [3.05, 3.63) is 65.7 Å². The number of rotatable bonds is 6. The standard InChI is InChI=1S/C24H28N4O5/c1-15-8-7-11-17(12-15)26-24(33)25-14-20(29)28-19(23(31)32)13-18(22(30)27(2)3)21(28)16-9-5-4-6-10-16/h4-12,18-19,21H,13-14H2,1-3H3,(H,31,32)(H2,25,26,33). The number of anilines is 1. The minimum Gasteiger partial charge on any atom is -0.480 e. The van der Waals surface area contributed by atoms with Gasteiger partial charge in [0.05, 0.1) is 18.5 Å². The van der Waals surface area contributed by atoms with Crippen molar-refractivity contribution in [3.63, 3.8) is 0 Å². The lowest BCUT2D eigenvalue weighted by Gasteiger charge is -2.31. The zero-order chi connectivity index (χ0) is 24.1. The molecule has 1 aliphatic heterocycles.